The van der Waals surface area contributed by atoms with Gasteiger partial charge in [-0.25, -0.2) is 0 Å². The van der Waals surface area contributed by atoms with Crippen LogP contribution in [0, 0.1) is 40.9 Å². The summed E-state index contributed by atoms with van der Waals surface area (Å²) >= 11 is 0. The first-order chi connectivity index (χ1) is 37.0. The average molecular weight is 973 g/mol. The van der Waals surface area contributed by atoms with E-state index in [-0.39, 0.29) is 11.8 Å². The van der Waals surface area contributed by atoms with Crippen LogP contribution in [0.1, 0.15) is 215 Å². The number of carbonyl (C=O) groups excluding carboxylic acids is 2. The molecule has 9 unspecified atom stereocenters. The molecular formula is C71H60N2O2. The molecule has 7 saturated carbocycles. The van der Waals surface area contributed by atoms with Gasteiger partial charge in [0.2, 0.25) is 0 Å². The third-order valence-electron chi connectivity index (χ3n) is 26.8. The Kier molecular flexibility index (Phi) is 6.21. The van der Waals surface area contributed by atoms with E-state index in [1.54, 1.807) is 77.2 Å². The summed E-state index contributed by atoms with van der Waals surface area (Å²) in [4.78, 5) is 29.4. The van der Waals surface area contributed by atoms with Crippen molar-refractivity contribution in [3.05, 3.63) is 115 Å². The smallest absolute Gasteiger partial charge is 0.166 e. The Morgan fingerprint density at radius 2 is 0.973 bits per heavy atom. The molecule has 0 saturated heterocycles. The Balaban J connectivity index is 0.913. The summed E-state index contributed by atoms with van der Waals surface area (Å²) in [5.74, 6) is 8.55. The molecule has 10 aromatic rings. The first kappa shape index (κ1) is 38.7. The molecule has 0 radical (unpaired) electrons. The molecule has 75 heavy (non-hydrogen) atoms. The standard InChI is InChI=1S/C71H60N2O2/c74-69-32-5-1-30(2-6-32)46-24-50-55(26-48(46)69)72-53-16-14-40-45-19-29-17-34(45)20-35(18-29)57(40)65(53)63-43-11-12-44-59-42(10-9-41(58(43)59)60(50)67(63)72)61-51-25-47-31-3-7-33(8-4-31)70(75)49(47)27-56(51)73-54-15-13-39-36-21-37-22-38-23-52(71(37,38)28-36)62(39)66(54)64(44)68(61)73/h13-16,24-27,29-38,45,52H,1-12,17-23,28H2. The van der Waals surface area contributed by atoms with E-state index in [1.807, 2.05) is 0 Å². The van der Waals surface area contributed by atoms with Crippen LogP contribution in [0.15, 0.2) is 48.5 Å². The predicted molar refractivity (Wildman–Crippen MR) is 298 cm³/mol. The molecule has 9 atom stereocenters. The van der Waals surface area contributed by atoms with Crippen molar-refractivity contribution in [2.24, 2.45) is 40.9 Å². The Hall–Kier alpha value is -5.74. The highest BCUT2D eigenvalue weighted by atomic mass is 16.1. The van der Waals surface area contributed by atoms with Gasteiger partial charge in [-0.05, 0) is 296 Å². The molecule has 4 heterocycles. The molecule has 4 aromatic heterocycles. The molecule has 1 spiro atoms. The highest BCUT2D eigenvalue weighted by Gasteiger charge is 2.72. The number of aromatic nitrogens is 2. The fraction of sp³-hybridized carbons (Fsp3) is 0.465. The monoisotopic (exact) mass is 972 g/mol. The van der Waals surface area contributed by atoms with Gasteiger partial charge in [0.15, 0.2) is 11.6 Å². The van der Waals surface area contributed by atoms with Crippen LogP contribution in [0.25, 0.3) is 87.3 Å². The van der Waals surface area contributed by atoms with E-state index in [4.69, 9.17) is 0 Å². The van der Waals surface area contributed by atoms with Crippen molar-refractivity contribution in [3.8, 4) is 11.1 Å². The predicted octanol–water partition coefficient (Wildman–Crippen LogP) is 16.8. The maximum Gasteiger partial charge on any atom is 0.166 e. The minimum atomic E-state index is 0.184. The highest BCUT2D eigenvalue weighted by Crippen LogP contribution is 2.82. The van der Waals surface area contributed by atoms with Crippen LogP contribution in [0.4, 0.5) is 0 Å². The summed E-state index contributed by atoms with van der Waals surface area (Å²) in [6.45, 7) is 0. The van der Waals surface area contributed by atoms with E-state index in [2.05, 4.69) is 57.3 Å². The van der Waals surface area contributed by atoms with Gasteiger partial charge in [0.05, 0.1) is 33.1 Å². The molecule has 7 fully saturated rings. The third kappa shape index (κ3) is 3.90. The van der Waals surface area contributed by atoms with E-state index < -0.39 is 0 Å². The Labute approximate surface area is 435 Å². The molecule has 4 heteroatoms. The van der Waals surface area contributed by atoms with E-state index in [9.17, 15) is 9.59 Å². The summed E-state index contributed by atoms with van der Waals surface area (Å²) in [7, 11) is 0. The Morgan fingerprint density at radius 3 is 1.57 bits per heavy atom. The molecule has 0 amide bonds. The van der Waals surface area contributed by atoms with Crippen molar-refractivity contribution in [1.29, 1.82) is 0 Å². The first-order valence-corrected chi connectivity index (χ1v) is 30.8. The topological polar surface area (TPSA) is 43.0 Å². The van der Waals surface area contributed by atoms with Gasteiger partial charge in [0.1, 0.15) is 0 Å². The van der Waals surface area contributed by atoms with Crippen LogP contribution >= 0.6 is 0 Å². The third-order valence-corrected chi connectivity index (χ3v) is 26.8. The minimum Gasteiger partial charge on any atom is -0.308 e. The average Bonchev–Trinajstić information content (AvgIpc) is 4.27. The number of nitrogens with zero attached hydrogens (tertiary/aromatic N) is 2. The van der Waals surface area contributed by atoms with Crippen molar-refractivity contribution in [2.45, 2.75) is 164 Å². The fourth-order valence-electron chi connectivity index (χ4n) is 24.2. The normalized spacial score (nSPS) is 35.3. The van der Waals surface area contributed by atoms with Gasteiger partial charge in [0.25, 0.3) is 0 Å². The molecule has 6 aromatic carbocycles. The summed E-state index contributed by atoms with van der Waals surface area (Å²) in [5, 5.41) is 12.3. The Bertz CT molecular complexity index is 4570. The second-order valence-electron chi connectivity index (χ2n) is 28.7. The highest BCUT2D eigenvalue weighted by molar-refractivity contribution is 6.32. The molecule has 25 rings (SSSR count). The molecule has 15 aliphatic carbocycles. The molecule has 9 bridgehead atoms. The number of ketones is 2. The summed E-state index contributed by atoms with van der Waals surface area (Å²) in [5.41, 5.74) is 30.6. The largest absolute Gasteiger partial charge is 0.308 e. The SMILES string of the molecule is O=C1c2cc3c(cc2C2CCC1CC2)c1c2c4c(c5c6c7c(ccc6n3c15)C1CC3CC7CC1C3)CCc1c-4c(c3c4cc5c(cc4n4c6ccc7c(c6c1c34)C1CC3CC4CC7CC431)C(=O)C1CCC5CC1)CC2. The van der Waals surface area contributed by atoms with Gasteiger partial charge in [-0.15, -0.1) is 0 Å². The van der Waals surface area contributed by atoms with Crippen molar-refractivity contribution in [2.75, 3.05) is 0 Å². The molecule has 0 aliphatic heterocycles. The van der Waals surface area contributed by atoms with Crippen molar-refractivity contribution in [1.82, 2.24) is 8.80 Å². The van der Waals surface area contributed by atoms with E-state index in [0.29, 0.717) is 52.5 Å². The second kappa shape index (κ2) is 12.0. The lowest BCUT2D eigenvalue weighted by Gasteiger charge is -2.68. The number of Topliss-reactive ketones (excluding diaryl/α,β-unsaturated/α-hetero) is 2. The number of aryl methyl sites for hydroxylation is 4. The van der Waals surface area contributed by atoms with Gasteiger partial charge < -0.3 is 8.80 Å². The van der Waals surface area contributed by atoms with E-state index in [0.717, 1.165) is 112 Å². The van der Waals surface area contributed by atoms with Crippen molar-refractivity contribution >= 4 is 87.8 Å². The van der Waals surface area contributed by atoms with E-state index >= 15 is 0 Å². The fourth-order valence-corrected chi connectivity index (χ4v) is 24.2. The summed E-state index contributed by atoms with van der Waals surface area (Å²) < 4.78 is 5.52. The van der Waals surface area contributed by atoms with Crippen LogP contribution in [-0.2, 0) is 25.7 Å². The number of rotatable bonds is 0. The van der Waals surface area contributed by atoms with Crippen molar-refractivity contribution in [3.63, 3.8) is 0 Å². The maximum absolute atomic E-state index is 14.7. The van der Waals surface area contributed by atoms with Gasteiger partial charge in [0, 0.05) is 66.1 Å². The van der Waals surface area contributed by atoms with Gasteiger partial charge >= 0.3 is 0 Å². The zero-order valence-corrected chi connectivity index (χ0v) is 42.9. The zero-order valence-electron chi connectivity index (χ0n) is 42.9. The first-order valence-electron chi connectivity index (χ1n) is 30.8. The summed E-state index contributed by atoms with van der Waals surface area (Å²) in [6.07, 6.45) is 24.3. The van der Waals surface area contributed by atoms with Gasteiger partial charge in [-0.2, -0.15) is 0 Å². The maximum atomic E-state index is 14.7. The Morgan fingerprint density at radius 1 is 0.427 bits per heavy atom. The van der Waals surface area contributed by atoms with Gasteiger partial charge in [-0.1, -0.05) is 12.1 Å². The summed E-state index contributed by atoms with van der Waals surface area (Å²) in [6, 6.07) is 20.6. The lowest BCUT2D eigenvalue weighted by Crippen LogP contribution is -2.59. The number of carbonyl (C=O) groups is 2. The number of hydrogen-bond acceptors (Lipinski definition) is 2. The molecular weight excluding hydrogens is 913 g/mol. The zero-order chi connectivity index (χ0) is 47.7. The number of hydrogen-bond donors (Lipinski definition) is 0. The second-order valence-corrected chi connectivity index (χ2v) is 28.7. The molecule has 4 nitrogen and oxygen atoms in total. The van der Waals surface area contributed by atoms with Gasteiger partial charge in [-0.3, -0.25) is 9.59 Å². The van der Waals surface area contributed by atoms with Crippen LogP contribution < -0.4 is 0 Å². The number of benzene rings is 6. The van der Waals surface area contributed by atoms with Crippen LogP contribution in [-0.4, -0.2) is 20.4 Å². The van der Waals surface area contributed by atoms with Crippen LogP contribution in [0.2, 0.25) is 0 Å². The molecule has 0 N–H and O–H groups in total. The lowest BCUT2D eigenvalue weighted by molar-refractivity contribution is -0.146. The quantitative estimate of drug-likeness (QED) is 0.152. The number of fused-ring (bicyclic) bond motifs is 31. The van der Waals surface area contributed by atoms with Crippen LogP contribution in [0.3, 0.4) is 0 Å². The van der Waals surface area contributed by atoms with Crippen molar-refractivity contribution < 1.29 is 9.59 Å². The van der Waals surface area contributed by atoms with Crippen LogP contribution in [0.5, 0.6) is 0 Å². The lowest BCUT2D eigenvalue weighted by atomic mass is 9.36. The molecule has 366 valence electrons. The molecule has 15 aliphatic rings. The minimum absolute atomic E-state index is 0.184. The van der Waals surface area contributed by atoms with E-state index in [1.165, 1.54) is 117 Å².